The van der Waals surface area contributed by atoms with E-state index in [-0.39, 0.29) is 12.1 Å². The highest BCUT2D eigenvalue weighted by Crippen LogP contribution is 2.22. The van der Waals surface area contributed by atoms with Crippen molar-refractivity contribution in [2.45, 2.75) is 13.5 Å². The first-order chi connectivity index (χ1) is 13.6. The van der Waals surface area contributed by atoms with Crippen LogP contribution in [0.3, 0.4) is 0 Å². The SMILES string of the molecule is COc1cccc(-c2ccc(=O)n(Cc3nc(-c4ccccc4C)no3)n2)c1. The molecule has 2 heterocycles. The van der Waals surface area contributed by atoms with Crippen LogP contribution in [0.15, 0.2) is 70.0 Å². The summed E-state index contributed by atoms with van der Waals surface area (Å²) < 4.78 is 11.9. The van der Waals surface area contributed by atoms with Gasteiger partial charge in [0.05, 0.1) is 12.8 Å². The second-order valence-electron chi connectivity index (χ2n) is 6.27. The molecule has 0 aliphatic rings. The molecule has 0 aliphatic heterocycles. The van der Waals surface area contributed by atoms with Crippen molar-refractivity contribution < 1.29 is 9.26 Å². The highest BCUT2D eigenvalue weighted by atomic mass is 16.5. The molecule has 0 atom stereocenters. The van der Waals surface area contributed by atoms with E-state index in [2.05, 4.69) is 15.2 Å². The minimum absolute atomic E-state index is 0.0928. The third kappa shape index (κ3) is 3.55. The molecule has 0 aliphatic carbocycles. The molecule has 7 heteroatoms. The van der Waals surface area contributed by atoms with E-state index in [1.807, 2.05) is 55.5 Å². The molecule has 0 fully saturated rings. The van der Waals surface area contributed by atoms with Crippen molar-refractivity contribution in [3.8, 4) is 28.4 Å². The standard InChI is InChI=1S/C21H18N4O3/c1-14-6-3-4-9-17(14)21-22-19(28-24-21)13-25-20(26)11-10-18(23-25)15-7-5-8-16(12-15)27-2/h3-12H,13H2,1-2H3. The fourth-order valence-electron chi connectivity index (χ4n) is 2.88. The van der Waals surface area contributed by atoms with Gasteiger partial charge in [0.25, 0.3) is 5.56 Å². The Bertz CT molecular complexity index is 1180. The van der Waals surface area contributed by atoms with E-state index in [9.17, 15) is 4.79 Å². The zero-order valence-corrected chi connectivity index (χ0v) is 15.5. The van der Waals surface area contributed by atoms with Crippen LogP contribution in [0.4, 0.5) is 0 Å². The summed E-state index contributed by atoms with van der Waals surface area (Å²) in [4.78, 5) is 16.7. The molecular formula is C21H18N4O3. The molecule has 2 aromatic carbocycles. The lowest BCUT2D eigenvalue weighted by Crippen LogP contribution is -2.23. The summed E-state index contributed by atoms with van der Waals surface area (Å²) >= 11 is 0. The van der Waals surface area contributed by atoms with E-state index < -0.39 is 0 Å². The van der Waals surface area contributed by atoms with Gasteiger partial charge in [-0.05, 0) is 30.7 Å². The summed E-state index contributed by atoms with van der Waals surface area (Å²) in [5, 5.41) is 8.46. The first kappa shape index (κ1) is 17.7. The number of hydrogen-bond acceptors (Lipinski definition) is 6. The Kier molecular flexibility index (Phi) is 4.72. The van der Waals surface area contributed by atoms with Crippen LogP contribution in [0.5, 0.6) is 5.75 Å². The number of benzene rings is 2. The molecule has 140 valence electrons. The minimum Gasteiger partial charge on any atom is -0.497 e. The molecule has 0 amide bonds. The Balaban J connectivity index is 1.64. The maximum atomic E-state index is 12.2. The predicted molar refractivity (Wildman–Crippen MR) is 104 cm³/mol. The van der Waals surface area contributed by atoms with Crippen molar-refractivity contribution in [3.05, 3.63) is 82.5 Å². The zero-order chi connectivity index (χ0) is 19.5. The van der Waals surface area contributed by atoms with Crippen LogP contribution in [0.2, 0.25) is 0 Å². The largest absolute Gasteiger partial charge is 0.497 e. The third-order valence-electron chi connectivity index (χ3n) is 4.37. The van der Waals surface area contributed by atoms with Crippen molar-refractivity contribution in [3.63, 3.8) is 0 Å². The molecule has 0 saturated heterocycles. The van der Waals surface area contributed by atoms with Crippen molar-refractivity contribution in [1.82, 2.24) is 19.9 Å². The van der Waals surface area contributed by atoms with Gasteiger partial charge in [-0.25, -0.2) is 4.68 Å². The second kappa shape index (κ2) is 7.48. The van der Waals surface area contributed by atoms with Crippen LogP contribution in [0.25, 0.3) is 22.6 Å². The average molecular weight is 374 g/mol. The van der Waals surface area contributed by atoms with Crippen molar-refractivity contribution in [2.75, 3.05) is 7.11 Å². The van der Waals surface area contributed by atoms with E-state index >= 15 is 0 Å². The van der Waals surface area contributed by atoms with Gasteiger partial charge in [0.15, 0.2) is 0 Å². The van der Waals surface area contributed by atoms with Crippen LogP contribution in [0, 0.1) is 6.92 Å². The fourth-order valence-corrected chi connectivity index (χ4v) is 2.88. The predicted octanol–water partition coefficient (Wildman–Crippen LogP) is 3.33. The molecule has 0 N–H and O–H groups in total. The van der Waals surface area contributed by atoms with Crippen LogP contribution in [-0.4, -0.2) is 27.0 Å². The van der Waals surface area contributed by atoms with Gasteiger partial charge in [-0.3, -0.25) is 4.79 Å². The van der Waals surface area contributed by atoms with Crippen molar-refractivity contribution in [2.24, 2.45) is 0 Å². The quantitative estimate of drug-likeness (QED) is 0.533. The second-order valence-corrected chi connectivity index (χ2v) is 6.27. The highest BCUT2D eigenvalue weighted by Gasteiger charge is 2.13. The Morgan fingerprint density at radius 2 is 1.93 bits per heavy atom. The number of nitrogens with zero attached hydrogens (tertiary/aromatic N) is 4. The topological polar surface area (TPSA) is 83.0 Å². The van der Waals surface area contributed by atoms with Gasteiger partial charge in [-0.15, -0.1) is 0 Å². The first-order valence-electron chi connectivity index (χ1n) is 8.75. The number of aromatic nitrogens is 4. The van der Waals surface area contributed by atoms with Gasteiger partial charge in [0.2, 0.25) is 11.7 Å². The van der Waals surface area contributed by atoms with Gasteiger partial charge in [0, 0.05) is 17.2 Å². The third-order valence-corrected chi connectivity index (χ3v) is 4.37. The van der Waals surface area contributed by atoms with Gasteiger partial charge in [-0.1, -0.05) is 41.6 Å². The molecule has 4 rings (SSSR count). The summed E-state index contributed by atoms with van der Waals surface area (Å²) in [6.07, 6.45) is 0. The lowest BCUT2D eigenvalue weighted by atomic mass is 10.1. The molecule has 2 aromatic heterocycles. The Morgan fingerprint density at radius 3 is 2.75 bits per heavy atom. The lowest BCUT2D eigenvalue weighted by Gasteiger charge is -2.06. The summed E-state index contributed by atoms with van der Waals surface area (Å²) in [5.74, 6) is 1.53. The Labute approximate surface area is 161 Å². The molecule has 0 unspecified atom stereocenters. The summed E-state index contributed by atoms with van der Waals surface area (Å²) in [5.41, 5.74) is 3.19. The number of methoxy groups -OCH3 is 1. The van der Waals surface area contributed by atoms with Crippen molar-refractivity contribution in [1.29, 1.82) is 0 Å². The molecule has 0 bridgehead atoms. The summed E-state index contributed by atoms with van der Waals surface area (Å²) in [7, 11) is 1.61. The maximum absolute atomic E-state index is 12.2. The number of ether oxygens (including phenoxy) is 1. The van der Waals surface area contributed by atoms with E-state index in [0.29, 0.717) is 17.4 Å². The molecule has 4 aromatic rings. The highest BCUT2D eigenvalue weighted by molar-refractivity contribution is 5.60. The molecule has 0 saturated carbocycles. The number of rotatable bonds is 5. The monoisotopic (exact) mass is 374 g/mol. The van der Waals surface area contributed by atoms with Crippen LogP contribution < -0.4 is 10.3 Å². The average Bonchev–Trinajstić information content (AvgIpc) is 3.18. The molecule has 7 nitrogen and oxygen atoms in total. The van der Waals surface area contributed by atoms with Crippen LogP contribution in [-0.2, 0) is 6.54 Å². The number of hydrogen-bond donors (Lipinski definition) is 0. The molecular weight excluding hydrogens is 356 g/mol. The van der Waals surface area contributed by atoms with E-state index in [4.69, 9.17) is 9.26 Å². The van der Waals surface area contributed by atoms with E-state index in [0.717, 1.165) is 22.4 Å². The zero-order valence-electron chi connectivity index (χ0n) is 15.5. The lowest BCUT2D eigenvalue weighted by molar-refractivity contribution is 0.363. The van der Waals surface area contributed by atoms with Crippen LogP contribution >= 0.6 is 0 Å². The fraction of sp³-hybridized carbons (Fsp3) is 0.143. The number of aryl methyl sites for hydroxylation is 1. The van der Waals surface area contributed by atoms with E-state index in [1.165, 1.54) is 10.7 Å². The van der Waals surface area contributed by atoms with Gasteiger partial charge in [0.1, 0.15) is 12.3 Å². The van der Waals surface area contributed by atoms with E-state index in [1.54, 1.807) is 13.2 Å². The maximum Gasteiger partial charge on any atom is 0.267 e. The van der Waals surface area contributed by atoms with Gasteiger partial charge >= 0.3 is 0 Å². The first-order valence-corrected chi connectivity index (χ1v) is 8.75. The minimum atomic E-state index is -0.248. The van der Waals surface area contributed by atoms with Gasteiger partial charge < -0.3 is 9.26 Å². The Morgan fingerprint density at radius 1 is 1.07 bits per heavy atom. The molecule has 0 spiro atoms. The smallest absolute Gasteiger partial charge is 0.267 e. The van der Waals surface area contributed by atoms with Crippen molar-refractivity contribution >= 4 is 0 Å². The normalized spacial score (nSPS) is 10.8. The summed E-state index contributed by atoms with van der Waals surface area (Å²) in [6, 6.07) is 18.4. The Hall–Kier alpha value is -3.74. The molecule has 28 heavy (non-hydrogen) atoms. The van der Waals surface area contributed by atoms with Crippen LogP contribution in [0.1, 0.15) is 11.5 Å². The molecule has 0 radical (unpaired) electrons. The summed E-state index contributed by atoms with van der Waals surface area (Å²) in [6.45, 7) is 2.07. The van der Waals surface area contributed by atoms with Gasteiger partial charge in [-0.2, -0.15) is 10.1 Å².